The summed E-state index contributed by atoms with van der Waals surface area (Å²) in [4.78, 5) is 10.5. The van der Waals surface area contributed by atoms with Gasteiger partial charge in [-0.3, -0.25) is 4.99 Å². The standard InChI is InChI=1S/C46H72N2.Ni/c1-7-12-17-18-19-20-21-22-27-32-46(48-45-37-42(30-25-15-10-4)34-43(38-45)31-26-16-11-5)39(6)47-44-35-40(28-23-13-8-2)33-41(36-44)29-24-14-9-3;/h33-38H,7-26,28-31H2,1-6H3;/b47-39+,48-46+;. The van der Waals surface area contributed by atoms with Gasteiger partial charge in [0.25, 0.3) is 0 Å². The summed E-state index contributed by atoms with van der Waals surface area (Å²) >= 11 is 0. The molecule has 0 aliphatic carbocycles. The quantitative estimate of drug-likeness (QED) is 0.0402. The van der Waals surface area contributed by atoms with Crippen LogP contribution in [0, 0.1) is 11.8 Å². The van der Waals surface area contributed by atoms with Crippen molar-refractivity contribution in [3.05, 3.63) is 58.7 Å². The Morgan fingerprint density at radius 1 is 0.449 bits per heavy atom. The summed E-state index contributed by atoms with van der Waals surface area (Å²) in [5.41, 5.74) is 9.52. The summed E-state index contributed by atoms with van der Waals surface area (Å²) in [7, 11) is 0. The monoisotopic (exact) mass is 711 g/mol. The number of hydrogen-bond donors (Lipinski definition) is 0. The average Bonchev–Trinajstić information content (AvgIpc) is 3.07. The molecule has 0 radical (unpaired) electrons. The van der Waals surface area contributed by atoms with Crippen LogP contribution in [0.25, 0.3) is 0 Å². The Labute approximate surface area is 314 Å². The molecule has 0 fully saturated rings. The van der Waals surface area contributed by atoms with Crippen LogP contribution in [0.4, 0.5) is 11.4 Å². The van der Waals surface area contributed by atoms with E-state index in [1.54, 1.807) is 0 Å². The number of aryl methyl sites for hydroxylation is 4. The predicted molar refractivity (Wildman–Crippen MR) is 216 cm³/mol. The fourth-order valence-corrected chi connectivity index (χ4v) is 6.40. The molecule has 2 aromatic rings. The number of rotatable bonds is 26. The number of benzene rings is 2. The fourth-order valence-electron chi connectivity index (χ4n) is 6.40. The third-order valence-corrected chi connectivity index (χ3v) is 9.34. The van der Waals surface area contributed by atoms with Crippen LogP contribution in [0.15, 0.2) is 46.4 Å². The SMILES string of the molecule is CCCCCCCCCC#CC(=N\c1cc(CCCCC)cc(CCCCC)c1)/C(C)=N/c1cc(CCCCC)cc(CCCCC)c1.[Ni]. The molecule has 2 rings (SSSR count). The first-order chi connectivity index (χ1) is 23.5. The van der Waals surface area contributed by atoms with E-state index in [1.165, 1.54) is 138 Å². The molecule has 2 aromatic carbocycles. The van der Waals surface area contributed by atoms with E-state index < -0.39 is 0 Å². The second-order valence-corrected chi connectivity index (χ2v) is 14.2. The van der Waals surface area contributed by atoms with Gasteiger partial charge in [0, 0.05) is 22.9 Å². The van der Waals surface area contributed by atoms with E-state index in [9.17, 15) is 0 Å². The molecule has 2 nitrogen and oxygen atoms in total. The molecule has 0 aromatic heterocycles. The molecule has 49 heavy (non-hydrogen) atoms. The van der Waals surface area contributed by atoms with Crippen LogP contribution in [0.5, 0.6) is 0 Å². The van der Waals surface area contributed by atoms with Gasteiger partial charge in [0.2, 0.25) is 0 Å². The van der Waals surface area contributed by atoms with Gasteiger partial charge >= 0.3 is 0 Å². The zero-order chi connectivity index (χ0) is 34.7. The van der Waals surface area contributed by atoms with Crippen LogP contribution in [0.3, 0.4) is 0 Å². The molecular weight excluding hydrogens is 639 g/mol. The summed E-state index contributed by atoms with van der Waals surface area (Å²) in [5.74, 6) is 7.04. The topological polar surface area (TPSA) is 24.7 Å². The molecular formula is C46H72N2Ni. The Morgan fingerprint density at radius 2 is 0.796 bits per heavy atom. The largest absolute Gasteiger partial charge is 0.251 e. The van der Waals surface area contributed by atoms with Crippen molar-refractivity contribution >= 4 is 22.8 Å². The van der Waals surface area contributed by atoms with Gasteiger partial charge in [-0.2, -0.15) is 0 Å². The number of aliphatic imine (C=N–C) groups is 2. The van der Waals surface area contributed by atoms with Gasteiger partial charge in [0.05, 0.1) is 17.1 Å². The zero-order valence-corrected chi connectivity index (χ0v) is 33.6. The van der Waals surface area contributed by atoms with Crippen molar-refractivity contribution in [2.45, 2.75) is 196 Å². The van der Waals surface area contributed by atoms with Crippen LogP contribution in [0.2, 0.25) is 0 Å². The maximum atomic E-state index is 5.28. The Kier molecular flexibility index (Phi) is 27.1. The van der Waals surface area contributed by atoms with Crippen molar-refractivity contribution < 1.29 is 16.5 Å². The first-order valence-electron chi connectivity index (χ1n) is 20.4. The Morgan fingerprint density at radius 3 is 1.20 bits per heavy atom. The van der Waals surface area contributed by atoms with Crippen molar-refractivity contribution in [3.8, 4) is 11.8 Å². The zero-order valence-electron chi connectivity index (χ0n) is 32.6. The summed E-state index contributed by atoms with van der Waals surface area (Å²) in [6.07, 6.45) is 29.6. The maximum Gasteiger partial charge on any atom is 0.135 e. The molecule has 0 saturated carbocycles. The average molecular weight is 712 g/mol. The van der Waals surface area contributed by atoms with E-state index in [1.807, 2.05) is 0 Å². The van der Waals surface area contributed by atoms with Crippen LogP contribution >= 0.6 is 0 Å². The molecule has 0 heterocycles. The minimum atomic E-state index is 0. The third kappa shape index (κ3) is 21.0. The Bertz CT molecular complexity index is 1210. The summed E-state index contributed by atoms with van der Waals surface area (Å²) in [5, 5.41) is 0. The Hall–Kier alpha value is -2.17. The fraction of sp³-hybridized carbons (Fsp3) is 0.652. The molecule has 0 bridgehead atoms. The number of nitrogens with zero attached hydrogens (tertiary/aromatic N) is 2. The smallest absolute Gasteiger partial charge is 0.135 e. The molecule has 276 valence electrons. The third-order valence-electron chi connectivity index (χ3n) is 9.34. The van der Waals surface area contributed by atoms with Crippen molar-refractivity contribution in [1.82, 2.24) is 0 Å². The van der Waals surface area contributed by atoms with Gasteiger partial charge in [-0.15, -0.1) is 0 Å². The molecule has 0 spiro atoms. The molecule has 0 saturated heterocycles. The van der Waals surface area contributed by atoms with Crippen LogP contribution in [-0.2, 0) is 42.2 Å². The number of unbranched alkanes of at least 4 members (excludes halogenated alkanes) is 15. The van der Waals surface area contributed by atoms with E-state index in [0.717, 1.165) is 61.3 Å². The van der Waals surface area contributed by atoms with Crippen molar-refractivity contribution in [2.75, 3.05) is 0 Å². The van der Waals surface area contributed by atoms with Gasteiger partial charge in [-0.05, 0) is 117 Å². The normalized spacial score (nSPS) is 11.7. The van der Waals surface area contributed by atoms with Gasteiger partial charge in [-0.25, -0.2) is 4.99 Å². The minimum absolute atomic E-state index is 0. The Balaban J connectivity index is 0.0000120. The van der Waals surface area contributed by atoms with Gasteiger partial charge < -0.3 is 0 Å². The molecule has 0 N–H and O–H groups in total. The van der Waals surface area contributed by atoms with E-state index in [2.05, 4.69) is 89.8 Å². The molecule has 3 heteroatoms. The van der Waals surface area contributed by atoms with Crippen molar-refractivity contribution in [3.63, 3.8) is 0 Å². The van der Waals surface area contributed by atoms with E-state index >= 15 is 0 Å². The molecule has 0 aliphatic rings. The second kappa shape index (κ2) is 29.6. The molecule has 0 amide bonds. The molecule has 0 unspecified atom stereocenters. The van der Waals surface area contributed by atoms with Crippen molar-refractivity contribution in [1.29, 1.82) is 0 Å². The van der Waals surface area contributed by atoms with E-state index in [0.29, 0.717) is 0 Å². The first kappa shape index (κ1) is 44.9. The van der Waals surface area contributed by atoms with Crippen LogP contribution < -0.4 is 0 Å². The van der Waals surface area contributed by atoms with Crippen LogP contribution in [0.1, 0.15) is 192 Å². The second-order valence-electron chi connectivity index (χ2n) is 14.2. The summed E-state index contributed by atoms with van der Waals surface area (Å²) < 4.78 is 0. The summed E-state index contributed by atoms with van der Waals surface area (Å²) in [6, 6.07) is 14.1. The first-order valence-corrected chi connectivity index (χ1v) is 20.4. The maximum absolute atomic E-state index is 5.28. The van der Waals surface area contributed by atoms with Gasteiger partial charge in [0.1, 0.15) is 5.71 Å². The molecule has 0 aliphatic heterocycles. The van der Waals surface area contributed by atoms with E-state index in [4.69, 9.17) is 9.98 Å². The van der Waals surface area contributed by atoms with Crippen molar-refractivity contribution in [2.24, 2.45) is 9.98 Å². The predicted octanol–water partition coefficient (Wildman–Crippen LogP) is 14.6. The van der Waals surface area contributed by atoms with Gasteiger partial charge in [0.15, 0.2) is 0 Å². The minimum Gasteiger partial charge on any atom is -0.251 e. The van der Waals surface area contributed by atoms with E-state index in [-0.39, 0.29) is 16.5 Å². The number of hydrogen-bond acceptors (Lipinski definition) is 2. The van der Waals surface area contributed by atoms with Crippen LogP contribution in [-0.4, -0.2) is 11.4 Å². The molecule has 0 atom stereocenters. The van der Waals surface area contributed by atoms with Gasteiger partial charge in [-0.1, -0.05) is 143 Å². The summed E-state index contributed by atoms with van der Waals surface area (Å²) in [6.45, 7) is 13.5.